The summed E-state index contributed by atoms with van der Waals surface area (Å²) in [5, 5.41) is 6.57. The van der Waals surface area contributed by atoms with Crippen molar-refractivity contribution in [1.29, 1.82) is 0 Å². The summed E-state index contributed by atoms with van der Waals surface area (Å²) in [5.41, 5.74) is 4.77. The highest BCUT2D eigenvalue weighted by Gasteiger charge is 2.41. The van der Waals surface area contributed by atoms with Crippen LogP contribution in [0.15, 0.2) is 76.7 Å². The Morgan fingerprint density at radius 2 is 1.86 bits per heavy atom. The number of ether oxygens (including phenoxy) is 1. The van der Waals surface area contributed by atoms with Crippen LogP contribution in [0.25, 0.3) is 27.7 Å². The Morgan fingerprint density at radius 3 is 2.69 bits per heavy atom. The van der Waals surface area contributed by atoms with Crippen LogP contribution in [0.3, 0.4) is 0 Å². The zero-order valence-electron chi connectivity index (χ0n) is 19.9. The molecule has 6 rings (SSSR count). The van der Waals surface area contributed by atoms with Crippen LogP contribution in [0, 0.1) is 5.41 Å². The predicted octanol–water partition coefficient (Wildman–Crippen LogP) is 8.07. The van der Waals surface area contributed by atoms with E-state index in [1.54, 1.807) is 13.2 Å². The summed E-state index contributed by atoms with van der Waals surface area (Å²) in [5.74, 6) is 2.20. The zero-order valence-corrected chi connectivity index (χ0v) is 20.7. The smallest absolute Gasteiger partial charge is 0.162 e. The Hall–Kier alpha value is -3.50. The number of benzene rings is 3. The molecule has 35 heavy (non-hydrogen) atoms. The summed E-state index contributed by atoms with van der Waals surface area (Å²) in [7, 11) is 1.63. The summed E-state index contributed by atoms with van der Waals surface area (Å²) < 4.78 is 11.9. The van der Waals surface area contributed by atoms with Gasteiger partial charge in [0.2, 0.25) is 0 Å². The molecule has 0 spiro atoms. The highest BCUT2D eigenvalue weighted by molar-refractivity contribution is 6.31. The molecule has 2 heterocycles. The van der Waals surface area contributed by atoms with Crippen LogP contribution < -0.4 is 10.1 Å². The first kappa shape index (κ1) is 22.0. The number of anilines is 1. The molecule has 0 fully saturated rings. The number of rotatable bonds is 3. The number of halogens is 1. The number of hydrogen-bond donors (Lipinski definition) is 1. The fourth-order valence-electron chi connectivity index (χ4n) is 5.58. The van der Waals surface area contributed by atoms with Crippen molar-refractivity contribution in [1.82, 2.24) is 0 Å². The monoisotopic (exact) mass is 483 g/mol. The Balaban J connectivity index is 1.53. The minimum atomic E-state index is -0.360. The molecule has 1 N–H and O–H groups in total. The molecule has 2 aliphatic rings. The van der Waals surface area contributed by atoms with Crippen molar-refractivity contribution in [2.75, 3.05) is 12.4 Å². The minimum Gasteiger partial charge on any atom is -0.496 e. The highest BCUT2D eigenvalue weighted by atomic mass is 35.5. The highest BCUT2D eigenvalue weighted by Crippen LogP contribution is 2.52. The van der Waals surface area contributed by atoms with Gasteiger partial charge in [0.1, 0.15) is 23.3 Å². The molecular weight excluding hydrogens is 458 g/mol. The number of fused-ring (bicyclic) bond motifs is 4. The summed E-state index contributed by atoms with van der Waals surface area (Å²) in [6.45, 7) is 4.35. The van der Waals surface area contributed by atoms with Gasteiger partial charge in [-0.15, -0.1) is 0 Å². The van der Waals surface area contributed by atoms with Gasteiger partial charge in [-0.25, -0.2) is 0 Å². The van der Waals surface area contributed by atoms with Gasteiger partial charge in [-0.3, -0.25) is 4.79 Å². The van der Waals surface area contributed by atoms with Crippen molar-refractivity contribution in [2.45, 2.75) is 32.7 Å². The van der Waals surface area contributed by atoms with Gasteiger partial charge in [-0.05, 0) is 64.6 Å². The Kier molecular flexibility index (Phi) is 5.05. The molecule has 1 aliphatic carbocycles. The summed E-state index contributed by atoms with van der Waals surface area (Å²) >= 11 is 6.26. The number of ketones is 1. The van der Waals surface area contributed by atoms with E-state index in [2.05, 4.69) is 49.5 Å². The normalized spacial score (nSPS) is 18.7. The van der Waals surface area contributed by atoms with Crippen LogP contribution in [0.5, 0.6) is 5.75 Å². The number of nitrogens with one attached hydrogen (secondary N) is 1. The van der Waals surface area contributed by atoms with Crippen LogP contribution in [-0.2, 0) is 4.79 Å². The molecule has 176 valence electrons. The number of hydrogen-bond acceptors (Lipinski definition) is 4. The number of methoxy groups -OCH3 is 1. The van der Waals surface area contributed by atoms with Crippen LogP contribution >= 0.6 is 11.6 Å². The lowest BCUT2D eigenvalue weighted by Crippen LogP contribution is -2.33. The molecule has 4 aromatic rings. The zero-order chi connectivity index (χ0) is 24.3. The average molecular weight is 484 g/mol. The fourth-order valence-corrected chi connectivity index (χ4v) is 5.75. The molecular formula is C30H26ClNO3. The molecule has 3 aromatic carbocycles. The third-order valence-corrected chi connectivity index (χ3v) is 7.31. The molecule has 1 atom stereocenters. The number of carbonyl (C=O) groups is 1. The first-order chi connectivity index (χ1) is 16.8. The van der Waals surface area contributed by atoms with Crippen molar-refractivity contribution in [3.05, 3.63) is 88.6 Å². The summed E-state index contributed by atoms with van der Waals surface area (Å²) in [4.78, 5) is 13.6. The standard InChI is InChI=1S/C30H26ClNO3/c1-30(2)15-21-27-19-7-5-4-6-17(19)8-10-22(27)32-29(28(21)23(33)16-30)26-13-12-25(35-26)20-14-18(31)9-11-24(20)34-3/h4-14,29,32H,15-16H2,1-3H3. The van der Waals surface area contributed by atoms with Crippen molar-refractivity contribution in [2.24, 2.45) is 5.41 Å². The van der Waals surface area contributed by atoms with Crippen molar-refractivity contribution in [3.8, 4) is 17.1 Å². The third kappa shape index (κ3) is 3.64. The number of carbonyl (C=O) groups excluding carboxylic acids is 1. The second kappa shape index (κ2) is 8.03. The largest absolute Gasteiger partial charge is 0.496 e. The number of allylic oxidation sites excluding steroid dienone is 1. The van der Waals surface area contributed by atoms with Gasteiger partial charge in [0, 0.05) is 28.3 Å². The Morgan fingerprint density at radius 1 is 1.03 bits per heavy atom. The second-order valence-electron chi connectivity index (χ2n) is 10.2. The van der Waals surface area contributed by atoms with E-state index in [-0.39, 0.29) is 17.2 Å². The average Bonchev–Trinajstić information content (AvgIpc) is 3.32. The first-order valence-corrected chi connectivity index (χ1v) is 12.2. The Labute approximate surface area is 209 Å². The molecule has 4 nitrogen and oxygen atoms in total. The lowest BCUT2D eigenvalue weighted by atomic mass is 9.68. The van der Waals surface area contributed by atoms with Gasteiger partial charge >= 0.3 is 0 Å². The quantitative estimate of drug-likeness (QED) is 0.320. The third-order valence-electron chi connectivity index (χ3n) is 7.08. The fraction of sp³-hybridized carbons (Fsp3) is 0.233. The molecule has 0 radical (unpaired) electrons. The minimum absolute atomic E-state index is 0.103. The topological polar surface area (TPSA) is 51.5 Å². The molecule has 1 aliphatic heterocycles. The second-order valence-corrected chi connectivity index (χ2v) is 10.6. The van der Waals surface area contributed by atoms with Gasteiger partial charge < -0.3 is 14.5 Å². The SMILES string of the molecule is COc1ccc(Cl)cc1-c1ccc(C2Nc3ccc4ccccc4c3C3=C2C(=O)CC(C)(C)C3)o1. The van der Waals surface area contributed by atoms with Crippen LogP contribution in [-0.4, -0.2) is 12.9 Å². The van der Waals surface area contributed by atoms with Gasteiger partial charge in [0.15, 0.2) is 5.78 Å². The number of furan rings is 1. The van der Waals surface area contributed by atoms with E-state index in [0.717, 1.165) is 39.8 Å². The van der Waals surface area contributed by atoms with Crippen LogP contribution in [0.2, 0.25) is 5.02 Å². The summed E-state index contributed by atoms with van der Waals surface area (Å²) in [6, 6.07) is 21.6. The van der Waals surface area contributed by atoms with E-state index in [0.29, 0.717) is 28.7 Å². The van der Waals surface area contributed by atoms with Crippen LogP contribution in [0.1, 0.15) is 44.1 Å². The maximum atomic E-state index is 13.6. The van der Waals surface area contributed by atoms with E-state index in [1.807, 2.05) is 30.3 Å². The molecule has 0 saturated carbocycles. The van der Waals surface area contributed by atoms with Gasteiger partial charge in [-0.1, -0.05) is 55.8 Å². The van der Waals surface area contributed by atoms with E-state index >= 15 is 0 Å². The van der Waals surface area contributed by atoms with Crippen molar-refractivity contribution < 1.29 is 13.9 Å². The molecule has 0 saturated heterocycles. The molecule has 1 unspecified atom stereocenters. The lowest BCUT2D eigenvalue weighted by Gasteiger charge is -2.39. The van der Waals surface area contributed by atoms with Gasteiger partial charge in [-0.2, -0.15) is 0 Å². The lowest BCUT2D eigenvalue weighted by molar-refractivity contribution is -0.118. The first-order valence-electron chi connectivity index (χ1n) is 11.8. The van der Waals surface area contributed by atoms with E-state index in [4.69, 9.17) is 20.8 Å². The summed E-state index contributed by atoms with van der Waals surface area (Å²) in [6.07, 6.45) is 1.35. The van der Waals surface area contributed by atoms with Gasteiger partial charge in [0.05, 0.1) is 12.7 Å². The maximum absolute atomic E-state index is 13.6. The van der Waals surface area contributed by atoms with E-state index < -0.39 is 0 Å². The molecule has 0 bridgehead atoms. The maximum Gasteiger partial charge on any atom is 0.162 e. The van der Waals surface area contributed by atoms with Crippen LogP contribution in [0.4, 0.5) is 5.69 Å². The van der Waals surface area contributed by atoms with E-state index in [9.17, 15) is 4.79 Å². The molecule has 1 aromatic heterocycles. The van der Waals surface area contributed by atoms with Crippen molar-refractivity contribution in [3.63, 3.8) is 0 Å². The van der Waals surface area contributed by atoms with Crippen molar-refractivity contribution >= 4 is 39.4 Å². The molecule has 5 heteroatoms. The van der Waals surface area contributed by atoms with Gasteiger partial charge in [0.25, 0.3) is 0 Å². The predicted molar refractivity (Wildman–Crippen MR) is 141 cm³/mol. The number of Topliss-reactive ketones (excluding diaryl/α,β-unsaturated/α-hetero) is 1. The Bertz CT molecular complexity index is 1530. The molecule has 0 amide bonds. The van der Waals surface area contributed by atoms with E-state index in [1.165, 1.54) is 5.39 Å².